The van der Waals surface area contributed by atoms with Crippen molar-refractivity contribution in [2.24, 2.45) is 0 Å². The lowest BCUT2D eigenvalue weighted by molar-refractivity contribution is -0.140. The molecular weight excluding hydrogens is 604 g/mol. The molecule has 0 fully saturated rings. The lowest BCUT2D eigenvalue weighted by Crippen LogP contribution is -2.53. The van der Waals surface area contributed by atoms with Gasteiger partial charge in [0, 0.05) is 28.2 Å². The molecule has 0 aliphatic heterocycles. The third-order valence-electron chi connectivity index (χ3n) is 6.82. The molecule has 0 aromatic heterocycles. The fourth-order valence-electron chi connectivity index (χ4n) is 4.23. The summed E-state index contributed by atoms with van der Waals surface area (Å²) in [7, 11) is -2.88. The number of nitrogens with one attached hydrogen (secondary N) is 1. The average molecular weight is 639 g/mol. The Morgan fingerprint density at radius 1 is 0.952 bits per heavy atom. The SMILES string of the molecule is CCC(C)NC(=O)C(CC)N(Cc1c(Cl)cccc1Cl)C(=O)CN(c1ccc(F)cc1)S(=O)(=O)c1ccc(OC)cc1. The van der Waals surface area contributed by atoms with Crippen molar-refractivity contribution in [3.8, 4) is 5.75 Å². The molecule has 0 aliphatic rings. The van der Waals surface area contributed by atoms with Crippen LogP contribution in [0.15, 0.2) is 71.6 Å². The second kappa shape index (κ2) is 14.7. The van der Waals surface area contributed by atoms with Gasteiger partial charge in [-0.25, -0.2) is 12.8 Å². The van der Waals surface area contributed by atoms with Crippen LogP contribution in [0, 0.1) is 5.82 Å². The molecule has 226 valence electrons. The Morgan fingerprint density at radius 3 is 2.07 bits per heavy atom. The van der Waals surface area contributed by atoms with Crippen molar-refractivity contribution in [1.29, 1.82) is 0 Å². The lowest BCUT2D eigenvalue weighted by atomic mass is 10.1. The van der Waals surface area contributed by atoms with Gasteiger partial charge < -0.3 is 15.0 Å². The summed E-state index contributed by atoms with van der Waals surface area (Å²) in [6, 6.07) is 14.2. The van der Waals surface area contributed by atoms with E-state index in [4.69, 9.17) is 27.9 Å². The van der Waals surface area contributed by atoms with Crippen molar-refractivity contribution < 1.29 is 27.1 Å². The highest BCUT2D eigenvalue weighted by Gasteiger charge is 2.34. The number of methoxy groups -OCH3 is 1. The monoisotopic (exact) mass is 637 g/mol. The quantitative estimate of drug-likeness (QED) is 0.246. The Kier molecular flexibility index (Phi) is 11.6. The smallest absolute Gasteiger partial charge is 0.264 e. The molecule has 3 aromatic carbocycles. The molecule has 2 unspecified atom stereocenters. The van der Waals surface area contributed by atoms with E-state index in [2.05, 4.69) is 5.32 Å². The van der Waals surface area contributed by atoms with Crippen LogP contribution in [0.2, 0.25) is 10.0 Å². The van der Waals surface area contributed by atoms with Gasteiger partial charge in [0.05, 0.1) is 17.7 Å². The number of hydrogen-bond donors (Lipinski definition) is 1. The van der Waals surface area contributed by atoms with Gasteiger partial charge in [-0.3, -0.25) is 13.9 Å². The first-order chi connectivity index (χ1) is 19.9. The second-order valence-corrected chi connectivity index (χ2v) is 12.3. The van der Waals surface area contributed by atoms with E-state index in [1.54, 1.807) is 25.1 Å². The van der Waals surface area contributed by atoms with Crippen LogP contribution in [-0.4, -0.2) is 50.9 Å². The molecule has 0 saturated heterocycles. The first kappa shape index (κ1) is 33.2. The van der Waals surface area contributed by atoms with Crippen molar-refractivity contribution >= 4 is 50.7 Å². The van der Waals surface area contributed by atoms with Crippen LogP contribution in [0.3, 0.4) is 0 Å². The van der Waals surface area contributed by atoms with Crippen LogP contribution >= 0.6 is 23.2 Å². The molecule has 0 aliphatic carbocycles. The Hall–Kier alpha value is -3.34. The molecule has 1 N–H and O–H groups in total. The zero-order valence-electron chi connectivity index (χ0n) is 23.8. The van der Waals surface area contributed by atoms with E-state index in [0.717, 1.165) is 16.4 Å². The molecule has 0 saturated carbocycles. The van der Waals surface area contributed by atoms with E-state index in [9.17, 15) is 22.4 Å². The van der Waals surface area contributed by atoms with Gasteiger partial charge in [0.15, 0.2) is 0 Å². The summed E-state index contributed by atoms with van der Waals surface area (Å²) >= 11 is 12.9. The van der Waals surface area contributed by atoms with Crippen LogP contribution in [0.4, 0.5) is 10.1 Å². The van der Waals surface area contributed by atoms with Gasteiger partial charge in [-0.1, -0.05) is 43.1 Å². The number of nitrogens with zero attached hydrogens (tertiary/aromatic N) is 2. The Balaban J connectivity index is 2.09. The zero-order chi connectivity index (χ0) is 31.0. The Morgan fingerprint density at radius 2 is 1.55 bits per heavy atom. The Labute approximate surface area is 256 Å². The van der Waals surface area contributed by atoms with Crippen molar-refractivity contribution in [2.45, 2.75) is 57.1 Å². The van der Waals surface area contributed by atoms with Crippen LogP contribution in [0.25, 0.3) is 0 Å². The number of carbonyl (C=O) groups is 2. The summed E-state index contributed by atoms with van der Waals surface area (Å²) < 4.78 is 47.6. The van der Waals surface area contributed by atoms with Crippen molar-refractivity contribution in [2.75, 3.05) is 18.0 Å². The number of rotatable bonds is 13. The minimum atomic E-state index is -4.33. The highest BCUT2D eigenvalue weighted by atomic mass is 35.5. The van der Waals surface area contributed by atoms with E-state index in [0.29, 0.717) is 27.8 Å². The molecule has 42 heavy (non-hydrogen) atoms. The predicted octanol–water partition coefficient (Wildman–Crippen LogP) is 6.06. The first-order valence-electron chi connectivity index (χ1n) is 13.4. The molecule has 8 nitrogen and oxygen atoms in total. The van der Waals surface area contributed by atoms with Gasteiger partial charge in [0.2, 0.25) is 11.8 Å². The fourth-order valence-corrected chi connectivity index (χ4v) is 6.16. The summed E-state index contributed by atoms with van der Waals surface area (Å²) in [5, 5.41) is 3.49. The molecule has 2 atom stereocenters. The number of amides is 2. The summed E-state index contributed by atoms with van der Waals surface area (Å²) in [4.78, 5) is 28.7. The lowest BCUT2D eigenvalue weighted by Gasteiger charge is -2.34. The summed E-state index contributed by atoms with van der Waals surface area (Å²) in [6.07, 6.45) is 0.906. The van der Waals surface area contributed by atoms with Crippen LogP contribution in [0.5, 0.6) is 5.75 Å². The normalized spacial score (nSPS) is 12.7. The summed E-state index contributed by atoms with van der Waals surface area (Å²) in [5.74, 6) is -1.21. The number of halogens is 3. The van der Waals surface area contributed by atoms with E-state index in [1.165, 1.54) is 48.4 Å². The molecule has 3 rings (SSSR count). The van der Waals surface area contributed by atoms with Gasteiger partial charge in [-0.05, 0) is 80.4 Å². The molecule has 0 bridgehead atoms. The second-order valence-electron chi connectivity index (χ2n) is 9.63. The maximum Gasteiger partial charge on any atom is 0.264 e. The van der Waals surface area contributed by atoms with Gasteiger partial charge in [0.25, 0.3) is 10.0 Å². The molecule has 0 heterocycles. The van der Waals surface area contributed by atoms with E-state index < -0.39 is 40.2 Å². The predicted molar refractivity (Wildman–Crippen MR) is 163 cm³/mol. The molecule has 0 spiro atoms. The van der Waals surface area contributed by atoms with Crippen LogP contribution < -0.4 is 14.4 Å². The van der Waals surface area contributed by atoms with E-state index in [-0.39, 0.29) is 29.6 Å². The fraction of sp³-hybridized carbons (Fsp3) is 0.333. The number of ether oxygens (including phenoxy) is 1. The molecule has 12 heteroatoms. The maximum atomic E-state index is 14.1. The van der Waals surface area contributed by atoms with Crippen molar-refractivity contribution in [1.82, 2.24) is 10.2 Å². The zero-order valence-corrected chi connectivity index (χ0v) is 26.1. The molecular formula is C30H34Cl2FN3O5S. The largest absolute Gasteiger partial charge is 0.497 e. The van der Waals surface area contributed by atoms with Crippen molar-refractivity contribution in [3.05, 3.63) is 88.2 Å². The molecule has 0 radical (unpaired) electrons. The third-order valence-corrected chi connectivity index (χ3v) is 9.31. The van der Waals surface area contributed by atoms with Gasteiger partial charge in [0.1, 0.15) is 24.2 Å². The number of benzene rings is 3. The van der Waals surface area contributed by atoms with Crippen LogP contribution in [-0.2, 0) is 26.2 Å². The number of anilines is 1. The average Bonchev–Trinajstić information content (AvgIpc) is 2.97. The maximum absolute atomic E-state index is 14.1. The number of hydrogen-bond acceptors (Lipinski definition) is 5. The molecule has 2 amide bonds. The van der Waals surface area contributed by atoms with Crippen LogP contribution in [0.1, 0.15) is 39.2 Å². The number of carbonyl (C=O) groups excluding carboxylic acids is 2. The third kappa shape index (κ3) is 7.93. The topological polar surface area (TPSA) is 96.0 Å². The minimum Gasteiger partial charge on any atom is -0.497 e. The van der Waals surface area contributed by atoms with Crippen molar-refractivity contribution in [3.63, 3.8) is 0 Å². The highest BCUT2D eigenvalue weighted by Crippen LogP contribution is 2.29. The van der Waals surface area contributed by atoms with Gasteiger partial charge in [-0.2, -0.15) is 0 Å². The standard InChI is InChI=1S/C30H34Cl2FN3O5S/c1-5-20(3)34-30(38)28(6-2)35(18-25-26(31)8-7-9-27(25)32)29(37)19-36(22-12-10-21(33)11-13-22)42(39,40)24-16-14-23(41-4)15-17-24/h7-17,20,28H,5-6,18-19H2,1-4H3,(H,34,38). The number of sulfonamides is 1. The van der Waals surface area contributed by atoms with Gasteiger partial charge >= 0.3 is 0 Å². The minimum absolute atomic E-state index is 0.0633. The Bertz CT molecular complexity index is 1470. The van der Waals surface area contributed by atoms with E-state index in [1.807, 2.05) is 13.8 Å². The molecule has 3 aromatic rings. The van der Waals surface area contributed by atoms with Gasteiger partial charge in [-0.15, -0.1) is 0 Å². The van der Waals surface area contributed by atoms with E-state index >= 15 is 0 Å². The summed E-state index contributed by atoms with van der Waals surface area (Å²) in [5.41, 5.74) is 0.476. The first-order valence-corrected chi connectivity index (χ1v) is 15.6. The highest BCUT2D eigenvalue weighted by molar-refractivity contribution is 7.92. The summed E-state index contributed by atoms with van der Waals surface area (Å²) in [6.45, 7) is 4.68.